The van der Waals surface area contributed by atoms with E-state index in [9.17, 15) is 18.0 Å². The lowest BCUT2D eigenvalue weighted by Gasteiger charge is -2.32. The first-order valence-electron chi connectivity index (χ1n) is 12.3. The summed E-state index contributed by atoms with van der Waals surface area (Å²) >= 11 is 18.2. The fraction of sp³-hybridized carbons (Fsp3) is 0.286. The third-order valence-electron chi connectivity index (χ3n) is 6.04. The molecule has 3 rings (SSSR count). The molecule has 3 aromatic carbocycles. The van der Waals surface area contributed by atoms with Crippen molar-refractivity contribution in [2.75, 3.05) is 20.1 Å². The van der Waals surface area contributed by atoms with Crippen LogP contribution < -0.4 is 5.32 Å². The topological polar surface area (TPSA) is 86.8 Å². The van der Waals surface area contributed by atoms with E-state index in [1.165, 1.54) is 36.2 Å². The van der Waals surface area contributed by atoms with Crippen molar-refractivity contribution in [1.82, 2.24) is 14.5 Å². The molecular weight excluding hydrogens is 581 g/mol. The van der Waals surface area contributed by atoms with E-state index in [1.54, 1.807) is 18.2 Å². The van der Waals surface area contributed by atoms with Gasteiger partial charge >= 0.3 is 0 Å². The van der Waals surface area contributed by atoms with Gasteiger partial charge in [-0.1, -0.05) is 78.1 Å². The van der Waals surface area contributed by atoms with Gasteiger partial charge in [0, 0.05) is 31.6 Å². The summed E-state index contributed by atoms with van der Waals surface area (Å²) in [5.74, 6) is -0.883. The van der Waals surface area contributed by atoms with Crippen LogP contribution in [0.25, 0.3) is 0 Å². The quantitative estimate of drug-likeness (QED) is 0.296. The molecule has 208 valence electrons. The summed E-state index contributed by atoms with van der Waals surface area (Å²) in [4.78, 5) is 28.6. The molecule has 7 nitrogen and oxygen atoms in total. The summed E-state index contributed by atoms with van der Waals surface area (Å²) < 4.78 is 27.3. The molecule has 3 aromatic rings. The summed E-state index contributed by atoms with van der Waals surface area (Å²) in [6, 6.07) is 19.1. The summed E-state index contributed by atoms with van der Waals surface area (Å²) in [5, 5.41) is 3.94. The van der Waals surface area contributed by atoms with Crippen LogP contribution in [0.15, 0.2) is 77.7 Å². The van der Waals surface area contributed by atoms with Crippen molar-refractivity contribution in [3.63, 3.8) is 0 Å². The highest BCUT2D eigenvalue weighted by molar-refractivity contribution is 7.89. The van der Waals surface area contributed by atoms with Gasteiger partial charge in [-0.25, -0.2) is 8.42 Å². The number of sulfonamides is 1. The predicted octanol–water partition coefficient (Wildman–Crippen LogP) is 5.43. The molecule has 39 heavy (non-hydrogen) atoms. The van der Waals surface area contributed by atoms with E-state index in [1.807, 2.05) is 37.3 Å². The van der Waals surface area contributed by atoms with E-state index >= 15 is 0 Å². The molecule has 11 heteroatoms. The van der Waals surface area contributed by atoms with E-state index < -0.39 is 28.5 Å². The Morgan fingerprint density at radius 2 is 1.56 bits per heavy atom. The van der Waals surface area contributed by atoms with Crippen LogP contribution in [0, 0.1) is 0 Å². The second-order valence-corrected chi connectivity index (χ2v) is 12.3. The summed E-state index contributed by atoms with van der Waals surface area (Å²) in [7, 11) is -2.68. The van der Waals surface area contributed by atoms with Crippen molar-refractivity contribution >= 4 is 56.6 Å². The van der Waals surface area contributed by atoms with Crippen LogP contribution in [0.3, 0.4) is 0 Å². The van der Waals surface area contributed by atoms with Gasteiger partial charge in [0.1, 0.15) is 6.04 Å². The molecule has 1 N–H and O–H groups in total. The summed E-state index contributed by atoms with van der Waals surface area (Å²) in [6.07, 6.45) is 0.948. The zero-order valence-corrected chi connectivity index (χ0v) is 24.7. The largest absolute Gasteiger partial charge is 0.354 e. The van der Waals surface area contributed by atoms with Crippen LogP contribution in [0.4, 0.5) is 0 Å². The Morgan fingerprint density at radius 3 is 2.18 bits per heavy atom. The first-order valence-corrected chi connectivity index (χ1v) is 14.9. The van der Waals surface area contributed by atoms with Gasteiger partial charge in [-0.15, -0.1) is 0 Å². The average Bonchev–Trinajstić information content (AvgIpc) is 2.91. The fourth-order valence-electron chi connectivity index (χ4n) is 3.91. The Bertz CT molecular complexity index is 1390. The van der Waals surface area contributed by atoms with Gasteiger partial charge in [-0.2, -0.15) is 4.31 Å². The number of amides is 2. The highest BCUT2D eigenvalue weighted by atomic mass is 35.5. The molecule has 0 radical (unpaired) electrons. The summed E-state index contributed by atoms with van der Waals surface area (Å²) in [5.41, 5.74) is 1.49. The van der Waals surface area contributed by atoms with Crippen LogP contribution in [0.1, 0.15) is 24.5 Å². The van der Waals surface area contributed by atoms with Gasteiger partial charge in [0.2, 0.25) is 21.8 Å². The molecule has 0 spiro atoms. The molecule has 0 aliphatic rings. The van der Waals surface area contributed by atoms with Gasteiger partial charge in [0.15, 0.2) is 0 Å². The third-order valence-corrected chi connectivity index (χ3v) is 8.85. The Morgan fingerprint density at radius 1 is 0.897 bits per heavy atom. The van der Waals surface area contributed by atoms with Crippen molar-refractivity contribution in [2.45, 2.75) is 37.2 Å². The molecule has 2 amide bonds. The lowest BCUT2D eigenvalue weighted by atomic mass is 10.0. The van der Waals surface area contributed by atoms with Crippen LogP contribution in [0.5, 0.6) is 0 Å². The highest BCUT2D eigenvalue weighted by Gasteiger charge is 2.33. The molecule has 0 heterocycles. The molecule has 0 bridgehead atoms. The smallest absolute Gasteiger partial charge is 0.243 e. The van der Waals surface area contributed by atoms with Crippen molar-refractivity contribution in [1.29, 1.82) is 0 Å². The second-order valence-electron chi connectivity index (χ2n) is 8.98. The van der Waals surface area contributed by atoms with Crippen molar-refractivity contribution in [3.05, 3.63) is 99.0 Å². The number of benzene rings is 3. The minimum atomic E-state index is -4.00. The fourth-order valence-corrected chi connectivity index (χ4v) is 5.47. The number of carbonyl (C=O) groups excluding carboxylic acids is 2. The molecule has 0 aliphatic carbocycles. The normalized spacial score (nSPS) is 12.3. The lowest BCUT2D eigenvalue weighted by Crippen LogP contribution is -2.53. The molecule has 0 aromatic heterocycles. The molecule has 0 unspecified atom stereocenters. The first-order chi connectivity index (χ1) is 18.5. The molecule has 1 atom stereocenters. The van der Waals surface area contributed by atoms with E-state index in [0.29, 0.717) is 33.6 Å². The average molecular weight is 611 g/mol. The maximum absolute atomic E-state index is 13.8. The maximum Gasteiger partial charge on any atom is 0.243 e. The molecule has 0 saturated carbocycles. The minimum Gasteiger partial charge on any atom is -0.354 e. The number of rotatable bonds is 12. The zero-order valence-electron chi connectivity index (χ0n) is 21.6. The Balaban J connectivity index is 1.98. The number of likely N-dealkylation sites (N-methyl/N-ethyl adjacent to an activating group) is 1. The Labute approximate surface area is 244 Å². The molecule has 0 aliphatic heterocycles. The third kappa shape index (κ3) is 8.43. The minimum absolute atomic E-state index is 0.000225. The summed E-state index contributed by atoms with van der Waals surface area (Å²) in [6.45, 7) is 1.89. The van der Waals surface area contributed by atoms with E-state index in [0.717, 1.165) is 9.87 Å². The molecule has 0 fully saturated rings. The van der Waals surface area contributed by atoms with Gasteiger partial charge in [0.25, 0.3) is 0 Å². The second kappa shape index (κ2) is 14.1. The first kappa shape index (κ1) is 30.9. The number of nitrogens with one attached hydrogen (secondary N) is 1. The number of hydrogen-bond acceptors (Lipinski definition) is 4. The van der Waals surface area contributed by atoms with Crippen LogP contribution >= 0.6 is 34.8 Å². The number of nitrogens with zero attached hydrogens (tertiary/aromatic N) is 2. The van der Waals surface area contributed by atoms with Crippen LogP contribution in [-0.4, -0.2) is 55.6 Å². The van der Waals surface area contributed by atoms with E-state index in [4.69, 9.17) is 34.8 Å². The van der Waals surface area contributed by atoms with E-state index in [-0.39, 0.29) is 23.8 Å². The van der Waals surface area contributed by atoms with Crippen molar-refractivity contribution < 1.29 is 18.0 Å². The Kier molecular flexibility index (Phi) is 11.2. The van der Waals surface area contributed by atoms with E-state index in [2.05, 4.69) is 5.32 Å². The molecule has 0 saturated heterocycles. The zero-order chi connectivity index (χ0) is 28.6. The van der Waals surface area contributed by atoms with Crippen LogP contribution in [0.2, 0.25) is 15.1 Å². The lowest BCUT2D eigenvalue weighted by molar-refractivity contribution is -0.141. The van der Waals surface area contributed by atoms with Gasteiger partial charge < -0.3 is 10.2 Å². The van der Waals surface area contributed by atoms with Crippen molar-refractivity contribution in [2.24, 2.45) is 0 Å². The number of carbonyl (C=O) groups is 2. The van der Waals surface area contributed by atoms with Gasteiger partial charge in [0.05, 0.1) is 21.5 Å². The maximum atomic E-state index is 13.8. The molecular formula is C28H30Cl3N3O4S. The number of halogens is 3. The Hall–Kier alpha value is -2.62. The van der Waals surface area contributed by atoms with Crippen LogP contribution in [-0.2, 0) is 32.6 Å². The standard InChI is InChI=1S/C28H30Cl3N3O4S/c1-3-15-32-28(36)26(17-20-7-5-4-6-8-20)34(18-21-9-14-24(30)25(31)16-21)27(35)19-33(2)39(37,38)23-12-10-22(29)11-13-23/h4-14,16,26H,3,15,17-19H2,1-2H3,(H,32,36)/t26-/m0/s1. The predicted molar refractivity (Wildman–Crippen MR) is 156 cm³/mol. The number of hydrogen-bond donors (Lipinski definition) is 1. The SMILES string of the molecule is CCCNC(=O)[C@H](Cc1ccccc1)N(Cc1ccc(Cl)c(Cl)c1)C(=O)CN(C)S(=O)(=O)c1ccc(Cl)cc1. The van der Waals surface area contributed by atoms with Crippen molar-refractivity contribution in [3.8, 4) is 0 Å². The van der Waals surface area contributed by atoms with Gasteiger partial charge in [-0.3, -0.25) is 9.59 Å². The highest BCUT2D eigenvalue weighted by Crippen LogP contribution is 2.25. The monoisotopic (exact) mass is 609 g/mol. The van der Waals surface area contributed by atoms with Gasteiger partial charge in [-0.05, 0) is 53.9 Å².